The molecule has 1 aromatic carbocycles. The third-order valence-corrected chi connectivity index (χ3v) is 2.91. The SMILES string of the molecule is CCC(C)[C@@H](N)c1ccc(F)cc1Cl.Cl. The quantitative estimate of drug-likeness (QED) is 0.866. The van der Waals surface area contributed by atoms with Crippen LogP contribution in [0.5, 0.6) is 0 Å². The first-order valence-corrected chi connectivity index (χ1v) is 5.14. The fourth-order valence-corrected chi connectivity index (χ4v) is 1.63. The molecule has 0 bridgehead atoms. The number of rotatable bonds is 3. The monoisotopic (exact) mass is 251 g/mol. The van der Waals surface area contributed by atoms with Crippen molar-refractivity contribution in [3.05, 3.63) is 34.6 Å². The lowest BCUT2D eigenvalue weighted by atomic mass is 9.93. The second kappa shape index (κ2) is 6.31. The molecule has 0 spiro atoms. The fourth-order valence-electron chi connectivity index (χ4n) is 1.33. The third-order valence-electron chi connectivity index (χ3n) is 2.58. The summed E-state index contributed by atoms with van der Waals surface area (Å²) in [5.41, 5.74) is 6.81. The van der Waals surface area contributed by atoms with E-state index in [1.807, 2.05) is 0 Å². The predicted octanol–water partition coefficient (Wildman–Crippen LogP) is 3.95. The van der Waals surface area contributed by atoms with Gasteiger partial charge in [-0.25, -0.2) is 4.39 Å². The maximum absolute atomic E-state index is 12.8. The molecule has 86 valence electrons. The van der Waals surface area contributed by atoms with Crippen LogP contribution in [0.15, 0.2) is 18.2 Å². The second-order valence-corrected chi connectivity index (χ2v) is 3.98. The summed E-state index contributed by atoms with van der Waals surface area (Å²) in [6.07, 6.45) is 0.981. The first-order valence-electron chi connectivity index (χ1n) is 4.76. The molecule has 0 saturated heterocycles. The van der Waals surface area contributed by atoms with E-state index < -0.39 is 0 Å². The van der Waals surface area contributed by atoms with Gasteiger partial charge >= 0.3 is 0 Å². The Labute approximate surface area is 101 Å². The van der Waals surface area contributed by atoms with E-state index in [0.29, 0.717) is 10.9 Å². The van der Waals surface area contributed by atoms with Crippen molar-refractivity contribution >= 4 is 24.0 Å². The number of benzene rings is 1. The highest BCUT2D eigenvalue weighted by atomic mass is 35.5. The number of hydrogen-bond donors (Lipinski definition) is 1. The Bertz CT molecular complexity index is 317. The zero-order chi connectivity index (χ0) is 10.7. The highest BCUT2D eigenvalue weighted by Crippen LogP contribution is 2.28. The average Bonchev–Trinajstić information content (AvgIpc) is 2.15. The number of hydrogen-bond acceptors (Lipinski definition) is 1. The van der Waals surface area contributed by atoms with Crippen LogP contribution in [-0.4, -0.2) is 0 Å². The molecule has 4 heteroatoms. The van der Waals surface area contributed by atoms with Gasteiger partial charge in [0.2, 0.25) is 0 Å². The van der Waals surface area contributed by atoms with Crippen LogP contribution in [0.25, 0.3) is 0 Å². The van der Waals surface area contributed by atoms with Crippen LogP contribution in [0.3, 0.4) is 0 Å². The molecule has 1 unspecified atom stereocenters. The van der Waals surface area contributed by atoms with Crippen LogP contribution in [0.1, 0.15) is 31.9 Å². The van der Waals surface area contributed by atoms with Crippen molar-refractivity contribution in [3.63, 3.8) is 0 Å². The lowest BCUT2D eigenvalue weighted by Crippen LogP contribution is -2.18. The van der Waals surface area contributed by atoms with Gasteiger partial charge in [-0.3, -0.25) is 0 Å². The maximum Gasteiger partial charge on any atom is 0.124 e. The molecule has 0 radical (unpaired) electrons. The van der Waals surface area contributed by atoms with E-state index >= 15 is 0 Å². The van der Waals surface area contributed by atoms with Gasteiger partial charge in [0.25, 0.3) is 0 Å². The Morgan fingerprint density at radius 2 is 2.07 bits per heavy atom. The van der Waals surface area contributed by atoms with E-state index in [1.165, 1.54) is 12.1 Å². The Hall–Kier alpha value is -0.310. The van der Waals surface area contributed by atoms with Gasteiger partial charge in [0.15, 0.2) is 0 Å². The van der Waals surface area contributed by atoms with E-state index in [-0.39, 0.29) is 24.3 Å². The van der Waals surface area contributed by atoms with Gasteiger partial charge in [-0.2, -0.15) is 0 Å². The minimum absolute atomic E-state index is 0. The van der Waals surface area contributed by atoms with Crippen LogP contribution in [0.4, 0.5) is 4.39 Å². The van der Waals surface area contributed by atoms with Crippen molar-refractivity contribution in [2.24, 2.45) is 11.7 Å². The van der Waals surface area contributed by atoms with Crippen LogP contribution in [0.2, 0.25) is 5.02 Å². The summed E-state index contributed by atoms with van der Waals surface area (Å²) in [7, 11) is 0. The van der Waals surface area contributed by atoms with Crippen molar-refractivity contribution in [2.45, 2.75) is 26.3 Å². The topological polar surface area (TPSA) is 26.0 Å². The van der Waals surface area contributed by atoms with Gasteiger partial charge < -0.3 is 5.73 Å². The van der Waals surface area contributed by atoms with Crippen molar-refractivity contribution in [2.75, 3.05) is 0 Å². The standard InChI is InChI=1S/C11H15ClFN.ClH/c1-3-7(2)11(14)9-5-4-8(13)6-10(9)12;/h4-7,11H,3,14H2,1-2H3;1H/t7?,11-;/m1./s1. The molecule has 0 aliphatic carbocycles. The zero-order valence-electron chi connectivity index (χ0n) is 8.84. The second-order valence-electron chi connectivity index (χ2n) is 3.58. The van der Waals surface area contributed by atoms with E-state index in [4.69, 9.17) is 17.3 Å². The summed E-state index contributed by atoms with van der Waals surface area (Å²) in [4.78, 5) is 0. The summed E-state index contributed by atoms with van der Waals surface area (Å²) < 4.78 is 12.8. The normalized spacial score (nSPS) is 14.2. The van der Waals surface area contributed by atoms with Gasteiger partial charge in [0.1, 0.15) is 5.82 Å². The molecular formula is C11H16Cl2FN. The van der Waals surface area contributed by atoms with E-state index in [2.05, 4.69) is 13.8 Å². The summed E-state index contributed by atoms with van der Waals surface area (Å²) in [6.45, 7) is 4.13. The fraction of sp³-hybridized carbons (Fsp3) is 0.455. The zero-order valence-corrected chi connectivity index (χ0v) is 10.4. The minimum Gasteiger partial charge on any atom is -0.324 e. The molecular weight excluding hydrogens is 236 g/mol. The summed E-state index contributed by atoms with van der Waals surface area (Å²) in [5.74, 6) is 0.0214. The Morgan fingerprint density at radius 3 is 2.53 bits per heavy atom. The molecule has 0 aliphatic rings. The number of halogens is 3. The van der Waals surface area contributed by atoms with Crippen molar-refractivity contribution in [3.8, 4) is 0 Å². The van der Waals surface area contributed by atoms with Gasteiger partial charge in [-0.05, 0) is 23.6 Å². The molecule has 0 heterocycles. The minimum atomic E-state index is -0.324. The molecule has 2 atom stereocenters. The smallest absolute Gasteiger partial charge is 0.124 e. The van der Waals surface area contributed by atoms with Gasteiger partial charge in [-0.1, -0.05) is 37.9 Å². The molecule has 2 N–H and O–H groups in total. The Morgan fingerprint density at radius 1 is 1.47 bits per heavy atom. The Balaban J connectivity index is 0.00000196. The highest BCUT2D eigenvalue weighted by Gasteiger charge is 2.16. The van der Waals surface area contributed by atoms with E-state index in [9.17, 15) is 4.39 Å². The largest absolute Gasteiger partial charge is 0.324 e. The predicted molar refractivity (Wildman–Crippen MR) is 65.0 cm³/mol. The first kappa shape index (κ1) is 14.7. The summed E-state index contributed by atoms with van der Waals surface area (Å²) in [5, 5.41) is 0.415. The van der Waals surface area contributed by atoms with Crippen LogP contribution in [-0.2, 0) is 0 Å². The summed E-state index contributed by atoms with van der Waals surface area (Å²) in [6, 6.07) is 4.24. The molecule has 0 saturated carbocycles. The van der Waals surface area contributed by atoms with E-state index in [0.717, 1.165) is 12.0 Å². The molecule has 0 aromatic heterocycles. The van der Waals surface area contributed by atoms with Crippen LogP contribution in [0, 0.1) is 11.7 Å². The van der Waals surface area contributed by atoms with Crippen molar-refractivity contribution in [1.29, 1.82) is 0 Å². The van der Waals surface area contributed by atoms with Crippen LogP contribution < -0.4 is 5.73 Å². The molecule has 0 fully saturated rings. The van der Waals surface area contributed by atoms with Gasteiger partial charge in [-0.15, -0.1) is 12.4 Å². The summed E-state index contributed by atoms with van der Waals surface area (Å²) >= 11 is 5.91. The van der Waals surface area contributed by atoms with Crippen molar-refractivity contribution in [1.82, 2.24) is 0 Å². The lowest BCUT2D eigenvalue weighted by Gasteiger charge is -2.19. The Kier molecular flexibility index (Phi) is 6.18. The first-order chi connectivity index (χ1) is 6.56. The van der Waals surface area contributed by atoms with Gasteiger partial charge in [0.05, 0.1) is 0 Å². The highest BCUT2D eigenvalue weighted by molar-refractivity contribution is 6.31. The van der Waals surface area contributed by atoms with Crippen molar-refractivity contribution < 1.29 is 4.39 Å². The maximum atomic E-state index is 12.8. The van der Waals surface area contributed by atoms with E-state index in [1.54, 1.807) is 6.07 Å². The molecule has 15 heavy (non-hydrogen) atoms. The average molecular weight is 252 g/mol. The molecule has 0 aliphatic heterocycles. The lowest BCUT2D eigenvalue weighted by molar-refractivity contribution is 0.456. The molecule has 1 aromatic rings. The number of nitrogens with two attached hydrogens (primary N) is 1. The molecule has 1 rings (SSSR count). The third kappa shape index (κ3) is 3.63. The van der Waals surface area contributed by atoms with Gasteiger partial charge in [0, 0.05) is 11.1 Å². The molecule has 0 amide bonds. The van der Waals surface area contributed by atoms with Crippen LogP contribution >= 0.6 is 24.0 Å². The molecule has 1 nitrogen and oxygen atoms in total.